The Morgan fingerprint density at radius 2 is 2.12 bits per heavy atom. The first-order chi connectivity index (χ1) is 8.36. The van der Waals surface area contributed by atoms with E-state index < -0.39 is 0 Å². The molecular formula is C13H10N2OS. The van der Waals surface area contributed by atoms with Gasteiger partial charge in [-0.3, -0.25) is 4.79 Å². The van der Waals surface area contributed by atoms with Crippen LogP contribution in [0.5, 0.6) is 0 Å². The second-order valence-electron chi connectivity index (χ2n) is 3.82. The molecule has 2 aromatic heterocycles. The van der Waals surface area contributed by atoms with E-state index in [9.17, 15) is 4.79 Å². The van der Waals surface area contributed by atoms with Crippen LogP contribution in [0, 0.1) is 0 Å². The number of thiophene rings is 1. The zero-order chi connectivity index (χ0) is 11.7. The normalized spacial score (nSPS) is 10.8. The third-order valence-corrected chi connectivity index (χ3v) is 3.71. The molecule has 0 saturated carbocycles. The van der Waals surface area contributed by atoms with Crippen molar-refractivity contribution in [2.45, 2.75) is 6.54 Å². The topological polar surface area (TPSA) is 34.9 Å². The lowest BCUT2D eigenvalue weighted by atomic mass is 10.2. The zero-order valence-corrected chi connectivity index (χ0v) is 9.85. The number of benzene rings is 1. The second kappa shape index (κ2) is 4.14. The van der Waals surface area contributed by atoms with Crippen molar-refractivity contribution in [3.05, 3.63) is 53.2 Å². The van der Waals surface area contributed by atoms with Crippen LogP contribution >= 0.6 is 11.3 Å². The van der Waals surface area contributed by atoms with E-state index in [1.807, 2.05) is 30.6 Å². The van der Waals surface area contributed by atoms with Gasteiger partial charge in [0, 0.05) is 6.54 Å². The number of imidazole rings is 1. The molecule has 0 aliphatic carbocycles. The van der Waals surface area contributed by atoms with E-state index in [0.717, 1.165) is 28.1 Å². The molecule has 17 heavy (non-hydrogen) atoms. The number of carbonyl (C=O) groups excluding carboxylic acids is 1. The molecule has 2 heterocycles. The molecule has 0 radical (unpaired) electrons. The van der Waals surface area contributed by atoms with Crippen molar-refractivity contribution in [2.24, 2.45) is 0 Å². The summed E-state index contributed by atoms with van der Waals surface area (Å²) in [5.41, 5.74) is 2.13. The Balaban J connectivity index is 2.00. The summed E-state index contributed by atoms with van der Waals surface area (Å²) in [5.74, 6) is 0. The summed E-state index contributed by atoms with van der Waals surface area (Å²) in [5, 5.41) is 0. The van der Waals surface area contributed by atoms with Gasteiger partial charge in [0.2, 0.25) is 0 Å². The Kier molecular flexibility index (Phi) is 2.49. The van der Waals surface area contributed by atoms with Crippen molar-refractivity contribution >= 4 is 28.0 Å². The van der Waals surface area contributed by atoms with Gasteiger partial charge >= 0.3 is 0 Å². The number of hydrogen-bond donors (Lipinski definition) is 0. The molecule has 0 unspecified atom stereocenters. The Labute approximate surface area is 102 Å². The van der Waals surface area contributed by atoms with Crippen molar-refractivity contribution in [3.8, 4) is 0 Å². The maximum atomic E-state index is 10.7. The monoisotopic (exact) mass is 242 g/mol. The highest BCUT2D eigenvalue weighted by molar-refractivity contribution is 7.20. The molecule has 0 spiro atoms. The number of aromatic nitrogens is 2. The summed E-state index contributed by atoms with van der Waals surface area (Å²) in [4.78, 5) is 16.8. The quantitative estimate of drug-likeness (QED) is 0.662. The average molecular weight is 242 g/mol. The highest BCUT2D eigenvalue weighted by Gasteiger charge is 2.07. The standard InChI is InChI=1S/C13H10N2OS/c16-8-11-6-12-13(17-11)15(9-14-12)7-10-4-2-1-3-5-10/h1-6,8-9H,7H2. The maximum absolute atomic E-state index is 10.7. The minimum atomic E-state index is 0.727. The first-order valence-corrected chi connectivity index (χ1v) is 6.12. The molecule has 0 aliphatic rings. The van der Waals surface area contributed by atoms with Gasteiger partial charge in [0.05, 0.1) is 11.2 Å². The van der Waals surface area contributed by atoms with E-state index in [0.29, 0.717) is 0 Å². The van der Waals surface area contributed by atoms with E-state index in [4.69, 9.17) is 0 Å². The zero-order valence-electron chi connectivity index (χ0n) is 9.04. The molecule has 0 fully saturated rings. The van der Waals surface area contributed by atoms with Gasteiger partial charge < -0.3 is 4.57 Å². The van der Waals surface area contributed by atoms with Crippen molar-refractivity contribution in [1.82, 2.24) is 9.55 Å². The van der Waals surface area contributed by atoms with Crippen LogP contribution in [0.25, 0.3) is 10.3 Å². The molecule has 3 aromatic rings. The number of hydrogen-bond acceptors (Lipinski definition) is 3. The lowest BCUT2D eigenvalue weighted by Crippen LogP contribution is -1.96. The minimum Gasteiger partial charge on any atom is -0.318 e. The Bertz CT molecular complexity index is 654. The minimum absolute atomic E-state index is 0.727. The molecule has 84 valence electrons. The molecule has 3 rings (SSSR count). The van der Waals surface area contributed by atoms with Crippen LogP contribution in [0.2, 0.25) is 0 Å². The SMILES string of the molecule is O=Cc1cc2ncn(Cc3ccccc3)c2s1. The summed E-state index contributed by atoms with van der Waals surface area (Å²) in [6.07, 6.45) is 2.70. The number of fused-ring (bicyclic) bond motifs is 1. The number of nitrogens with zero attached hydrogens (tertiary/aromatic N) is 2. The van der Waals surface area contributed by atoms with Crippen LogP contribution in [0.15, 0.2) is 42.7 Å². The van der Waals surface area contributed by atoms with Crippen molar-refractivity contribution < 1.29 is 4.79 Å². The number of aldehydes is 1. The van der Waals surface area contributed by atoms with Gasteiger partial charge in [0.15, 0.2) is 6.29 Å². The summed E-state index contributed by atoms with van der Waals surface area (Å²) in [6, 6.07) is 12.0. The van der Waals surface area contributed by atoms with Crippen LogP contribution in [-0.2, 0) is 6.54 Å². The molecule has 3 nitrogen and oxygen atoms in total. The fourth-order valence-corrected chi connectivity index (χ4v) is 2.71. The molecule has 0 saturated heterocycles. The molecule has 1 aromatic carbocycles. The van der Waals surface area contributed by atoms with E-state index >= 15 is 0 Å². The van der Waals surface area contributed by atoms with Crippen molar-refractivity contribution in [1.29, 1.82) is 0 Å². The summed E-state index contributed by atoms with van der Waals surface area (Å²) < 4.78 is 2.07. The highest BCUT2D eigenvalue weighted by Crippen LogP contribution is 2.24. The van der Waals surface area contributed by atoms with Gasteiger partial charge in [-0.05, 0) is 11.6 Å². The summed E-state index contributed by atoms with van der Waals surface area (Å²) in [7, 11) is 0. The van der Waals surface area contributed by atoms with E-state index in [1.165, 1.54) is 16.9 Å². The van der Waals surface area contributed by atoms with Gasteiger partial charge in [0.25, 0.3) is 0 Å². The average Bonchev–Trinajstić information content (AvgIpc) is 2.92. The predicted molar refractivity (Wildman–Crippen MR) is 68.5 cm³/mol. The number of carbonyl (C=O) groups is 1. The van der Waals surface area contributed by atoms with E-state index in [2.05, 4.69) is 21.7 Å². The molecular weight excluding hydrogens is 232 g/mol. The third-order valence-electron chi connectivity index (χ3n) is 2.62. The Morgan fingerprint density at radius 3 is 2.88 bits per heavy atom. The van der Waals surface area contributed by atoms with E-state index in [1.54, 1.807) is 0 Å². The highest BCUT2D eigenvalue weighted by atomic mass is 32.1. The molecule has 0 aliphatic heterocycles. The molecule has 0 bridgehead atoms. The fraction of sp³-hybridized carbons (Fsp3) is 0.0769. The lowest BCUT2D eigenvalue weighted by molar-refractivity contribution is 0.112. The molecule has 0 N–H and O–H groups in total. The molecule has 4 heteroatoms. The third kappa shape index (κ3) is 1.87. The molecule has 0 atom stereocenters. The van der Waals surface area contributed by atoms with Crippen LogP contribution in [0.1, 0.15) is 15.2 Å². The number of rotatable bonds is 3. The first-order valence-electron chi connectivity index (χ1n) is 5.30. The van der Waals surface area contributed by atoms with Crippen LogP contribution in [0.4, 0.5) is 0 Å². The van der Waals surface area contributed by atoms with Crippen LogP contribution in [0.3, 0.4) is 0 Å². The van der Waals surface area contributed by atoms with Gasteiger partial charge in [0.1, 0.15) is 10.3 Å². The largest absolute Gasteiger partial charge is 0.318 e. The summed E-state index contributed by atoms with van der Waals surface area (Å²) >= 11 is 1.48. The Morgan fingerprint density at radius 1 is 1.29 bits per heavy atom. The lowest BCUT2D eigenvalue weighted by Gasteiger charge is -2.02. The Hall–Kier alpha value is -1.94. The van der Waals surface area contributed by atoms with Crippen LogP contribution < -0.4 is 0 Å². The molecule has 0 amide bonds. The van der Waals surface area contributed by atoms with Crippen LogP contribution in [-0.4, -0.2) is 15.8 Å². The van der Waals surface area contributed by atoms with Gasteiger partial charge in [-0.1, -0.05) is 30.3 Å². The summed E-state index contributed by atoms with van der Waals surface area (Å²) in [6.45, 7) is 0.788. The van der Waals surface area contributed by atoms with Gasteiger partial charge in [-0.15, -0.1) is 11.3 Å². The first kappa shape index (κ1) is 10.2. The van der Waals surface area contributed by atoms with Gasteiger partial charge in [-0.2, -0.15) is 0 Å². The van der Waals surface area contributed by atoms with Crippen molar-refractivity contribution in [2.75, 3.05) is 0 Å². The van der Waals surface area contributed by atoms with E-state index in [-0.39, 0.29) is 0 Å². The second-order valence-corrected chi connectivity index (χ2v) is 4.88. The predicted octanol–water partition coefficient (Wildman–Crippen LogP) is 2.96. The smallest absolute Gasteiger partial charge is 0.160 e. The fourth-order valence-electron chi connectivity index (χ4n) is 1.82. The van der Waals surface area contributed by atoms with Gasteiger partial charge in [-0.25, -0.2) is 4.98 Å². The van der Waals surface area contributed by atoms with Crippen molar-refractivity contribution in [3.63, 3.8) is 0 Å². The maximum Gasteiger partial charge on any atom is 0.160 e.